The van der Waals surface area contributed by atoms with Crippen LogP contribution in [0.25, 0.3) is 0 Å². The van der Waals surface area contributed by atoms with Gasteiger partial charge in [-0.15, -0.1) is 0 Å². The number of carboxylic acids is 1. The molecule has 1 saturated heterocycles. The molecule has 1 aliphatic heterocycles. The molecule has 0 spiro atoms. The first-order valence-corrected chi connectivity index (χ1v) is 6.95. The van der Waals surface area contributed by atoms with Gasteiger partial charge >= 0.3 is 12.0 Å². The summed E-state index contributed by atoms with van der Waals surface area (Å²) in [6.45, 7) is 6.63. The molecule has 6 nitrogen and oxygen atoms in total. The molecule has 1 fully saturated rings. The monoisotopic (exact) mass is 271 g/mol. The Balaban J connectivity index is 2.58. The van der Waals surface area contributed by atoms with Crippen LogP contribution in [0.4, 0.5) is 4.79 Å². The molecule has 0 aromatic heterocycles. The maximum absolute atomic E-state index is 12.1. The van der Waals surface area contributed by atoms with Gasteiger partial charge in [0.25, 0.3) is 0 Å². The second kappa shape index (κ2) is 6.75. The molecule has 0 aromatic carbocycles. The smallest absolute Gasteiger partial charge is 0.329 e. The van der Waals surface area contributed by atoms with Crippen molar-refractivity contribution in [2.24, 2.45) is 0 Å². The van der Waals surface area contributed by atoms with Crippen LogP contribution in [0.5, 0.6) is 0 Å². The van der Waals surface area contributed by atoms with Crippen molar-refractivity contribution < 1.29 is 14.7 Å². The molecule has 1 heterocycles. The van der Waals surface area contributed by atoms with Crippen molar-refractivity contribution in [3.05, 3.63) is 0 Å². The van der Waals surface area contributed by atoms with Gasteiger partial charge in [-0.2, -0.15) is 0 Å². The van der Waals surface area contributed by atoms with Gasteiger partial charge in [0.15, 0.2) is 0 Å². The van der Waals surface area contributed by atoms with Crippen molar-refractivity contribution in [3.8, 4) is 0 Å². The maximum atomic E-state index is 12.1. The van der Waals surface area contributed by atoms with Gasteiger partial charge in [-0.3, -0.25) is 0 Å². The van der Waals surface area contributed by atoms with E-state index in [0.717, 1.165) is 19.5 Å². The fraction of sp³-hybridized carbons (Fsp3) is 0.846. The van der Waals surface area contributed by atoms with Crippen molar-refractivity contribution in [2.45, 2.75) is 38.6 Å². The molecule has 0 aromatic rings. The third kappa shape index (κ3) is 3.37. The zero-order chi connectivity index (χ0) is 14.5. The normalized spacial score (nSPS) is 22.8. The highest BCUT2D eigenvalue weighted by atomic mass is 16.4. The van der Waals surface area contributed by atoms with Crippen LogP contribution in [0.3, 0.4) is 0 Å². The molecule has 19 heavy (non-hydrogen) atoms. The first-order valence-electron chi connectivity index (χ1n) is 6.95. The highest BCUT2D eigenvalue weighted by molar-refractivity contribution is 5.87. The Morgan fingerprint density at radius 3 is 2.63 bits per heavy atom. The van der Waals surface area contributed by atoms with Crippen LogP contribution in [0, 0.1) is 0 Å². The number of carbonyl (C=O) groups excluding carboxylic acids is 1. The summed E-state index contributed by atoms with van der Waals surface area (Å²) in [5.41, 5.74) is -1.01. The first-order chi connectivity index (χ1) is 8.97. The summed E-state index contributed by atoms with van der Waals surface area (Å²) in [6, 6.07) is -0.258. The van der Waals surface area contributed by atoms with Crippen LogP contribution in [-0.2, 0) is 4.79 Å². The second-order valence-electron chi connectivity index (χ2n) is 5.07. The molecule has 0 saturated carbocycles. The Hall–Kier alpha value is -1.30. The van der Waals surface area contributed by atoms with Crippen molar-refractivity contribution >= 4 is 12.0 Å². The Labute approximate surface area is 114 Å². The number of likely N-dealkylation sites (N-methyl/N-ethyl adjacent to an activating group) is 1. The zero-order valence-corrected chi connectivity index (χ0v) is 12.1. The average Bonchev–Trinajstić information content (AvgIpc) is 2.83. The summed E-state index contributed by atoms with van der Waals surface area (Å²) in [5.74, 6) is -0.895. The van der Waals surface area contributed by atoms with Crippen molar-refractivity contribution in [1.29, 1.82) is 0 Å². The average molecular weight is 271 g/mol. The molecule has 1 atom stereocenters. The number of aliphatic carboxylic acids is 1. The minimum Gasteiger partial charge on any atom is -0.479 e. The summed E-state index contributed by atoms with van der Waals surface area (Å²) in [5, 5.41) is 12.2. The van der Waals surface area contributed by atoms with Gasteiger partial charge < -0.3 is 20.2 Å². The number of carboxylic acid groups (broad SMARTS) is 1. The summed E-state index contributed by atoms with van der Waals surface area (Å²) >= 11 is 0. The number of carbonyl (C=O) groups is 2. The van der Waals surface area contributed by atoms with Gasteiger partial charge in [0.05, 0.1) is 0 Å². The van der Waals surface area contributed by atoms with E-state index in [1.807, 2.05) is 14.0 Å². The standard InChI is InChI=1S/C13H25N3O3/c1-4-13(11(17)18)7-6-9-16(13)12(19)14-8-10-15(3)5-2/h4-10H2,1-3H3,(H,14,19)(H,17,18). The topological polar surface area (TPSA) is 72.9 Å². The number of hydrogen-bond donors (Lipinski definition) is 2. The predicted molar refractivity (Wildman–Crippen MR) is 73.2 cm³/mol. The van der Waals surface area contributed by atoms with Gasteiger partial charge in [0.2, 0.25) is 0 Å². The van der Waals surface area contributed by atoms with E-state index >= 15 is 0 Å². The Morgan fingerprint density at radius 2 is 2.11 bits per heavy atom. The van der Waals surface area contributed by atoms with E-state index < -0.39 is 11.5 Å². The molecule has 0 aliphatic carbocycles. The number of hydrogen-bond acceptors (Lipinski definition) is 3. The SMILES string of the molecule is CCN(C)CCNC(=O)N1CCCC1(CC)C(=O)O. The lowest BCUT2D eigenvalue weighted by molar-refractivity contribution is -0.148. The summed E-state index contributed by atoms with van der Waals surface area (Å²) in [4.78, 5) is 27.2. The van der Waals surface area contributed by atoms with Gasteiger partial charge in [0, 0.05) is 19.6 Å². The molecule has 0 bridgehead atoms. The number of urea groups is 1. The molecule has 2 amide bonds. The fourth-order valence-corrected chi connectivity index (χ4v) is 2.52. The van der Waals surface area contributed by atoms with E-state index in [4.69, 9.17) is 0 Å². The Bertz CT molecular complexity index is 335. The van der Waals surface area contributed by atoms with Crippen LogP contribution >= 0.6 is 0 Å². The van der Waals surface area contributed by atoms with Crippen LogP contribution in [-0.4, -0.2) is 65.7 Å². The summed E-state index contributed by atoms with van der Waals surface area (Å²) in [6.07, 6.45) is 1.74. The van der Waals surface area contributed by atoms with E-state index in [1.165, 1.54) is 4.90 Å². The van der Waals surface area contributed by atoms with Crippen molar-refractivity contribution in [2.75, 3.05) is 33.2 Å². The zero-order valence-electron chi connectivity index (χ0n) is 12.1. The molecule has 0 radical (unpaired) electrons. The quantitative estimate of drug-likeness (QED) is 0.755. The van der Waals surface area contributed by atoms with Gasteiger partial charge in [-0.1, -0.05) is 13.8 Å². The molecular formula is C13H25N3O3. The summed E-state index contributed by atoms with van der Waals surface area (Å²) in [7, 11) is 1.98. The van der Waals surface area contributed by atoms with Crippen LogP contribution in [0.1, 0.15) is 33.1 Å². The minimum atomic E-state index is -1.01. The fourth-order valence-electron chi connectivity index (χ4n) is 2.52. The maximum Gasteiger partial charge on any atom is 0.329 e. The van der Waals surface area contributed by atoms with E-state index in [1.54, 1.807) is 0 Å². The van der Waals surface area contributed by atoms with Gasteiger partial charge in [0.1, 0.15) is 5.54 Å². The van der Waals surface area contributed by atoms with Gasteiger partial charge in [-0.25, -0.2) is 9.59 Å². The highest BCUT2D eigenvalue weighted by Crippen LogP contribution is 2.32. The van der Waals surface area contributed by atoms with Crippen molar-refractivity contribution in [1.82, 2.24) is 15.1 Å². The Morgan fingerprint density at radius 1 is 1.42 bits per heavy atom. The highest BCUT2D eigenvalue weighted by Gasteiger charge is 2.48. The molecular weight excluding hydrogens is 246 g/mol. The van der Waals surface area contributed by atoms with Gasteiger partial charge in [-0.05, 0) is 32.9 Å². The second-order valence-corrected chi connectivity index (χ2v) is 5.07. The number of amides is 2. The van der Waals surface area contributed by atoms with Crippen LogP contribution in [0.15, 0.2) is 0 Å². The molecule has 1 aliphatic rings. The number of nitrogens with one attached hydrogen (secondary N) is 1. The molecule has 6 heteroatoms. The molecule has 1 unspecified atom stereocenters. The van der Waals surface area contributed by atoms with E-state index in [2.05, 4.69) is 17.1 Å². The Kier molecular flexibility index (Phi) is 5.60. The summed E-state index contributed by atoms with van der Waals surface area (Å²) < 4.78 is 0. The largest absolute Gasteiger partial charge is 0.479 e. The van der Waals surface area contributed by atoms with E-state index in [9.17, 15) is 14.7 Å². The number of likely N-dealkylation sites (tertiary alicyclic amines) is 1. The third-order valence-corrected chi connectivity index (χ3v) is 4.03. The van der Waals surface area contributed by atoms with E-state index in [0.29, 0.717) is 25.9 Å². The number of rotatable bonds is 6. The molecule has 1 rings (SSSR count). The third-order valence-electron chi connectivity index (χ3n) is 4.03. The van der Waals surface area contributed by atoms with Crippen molar-refractivity contribution in [3.63, 3.8) is 0 Å². The lowest BCUT2D eigenvalue weighted by Gasteiger charge is -2.34. The van der Waals surface area contributed by atoms with E-state index in [-0.39, 0.29) is 6.03 Å². The van der Waals surface area contributed by atoms with Crippen LogP contribution in [0.2, 0.25) is 0 Å². The first kappa shape index (κ1) is 15.8. The lowest BCUT2D eigenvalue weighted by Crippen LogP contribution is -2.56. The predicted octanol–water partition coefficient (Wildman–Crippen LogP) is 0.977. The molecule has 110 valence electrons. The van der Waals surface area contributed by atoms with Crippen LogP contribution < -0.4 is 5.32 Å². The molecule has 2 N–H and O–H groups in total. The lowest BCUT2D eigenvalue weighted by atomic mass is 9.93. The number of nitrogens with zero attached hydrogens (tertiary/aromatic N) is 2. The minimum absolute atomic E-state index is 0.258.